The molecule has 0 aromatic carbocycles. The minimum atomic E-state index is -4.32. The van der Waals surface area contributed by atoms with Gasteiger partial charge in [-0.2, -0.15) is 13.2 Å². The van der Waals surface area contributed by atoms with Gasteiger partial charge in [0.05, 0.1) is 6.61 Å². The fourth-order valence-electron chi connectivity index (χ4n) is 1.18. The molecule has 0 atom stereocenters. The average Bonchev–Trinajstić information content (AvgIpc) is 2.17. The van der Waals surface area contributed by atoms with E-state index in [4.69, 9.17) is 0 Å². The van der Waals surface area contributed by atoms with Crippen LogP contribution in [-0.2, 0) is 11.3 Å². The molecule has 3 nitrogen and oxygen atoms in total. The van der Waals surface area contributed by atoms with Gasteiger partial charge < -0.3 is 9.30 Å². The molecule has 0 saturated heterocycles. The first-order valence-electron chi connectivity index (χ1n) is 4.71. The summed E-state index contributed by atoms with van der Waals surface area (Å²) in [6.07, 6.45) is -2.80. The van der Waals surface area contributed by atoms with E-state index in [1.54, 1.807) is 19.1 Å². The lowest BCUT2D eigenvalue weighted by Crippen LogP contribution is -2.25. The molecule has 0 spiro atoms. The summed E-state index contributed by atoms with van der Waals surface area (Å²) in [5.74, 6) is 0. The molecule has 90 valence electrons. The minimum Gasteiger partial charge on any atom is -0.370 e. The van der Waals surface area contributed by atoms with Crippen molar-refractivity contribution in [3.63, 3.8) is 0 Å². The number of rotatable bonds is 4. The summed E-state index contributed by atoms with van der Waals surface area (Å²) >= 11 is 0. The van der Waals surface area contributed by atoms with Gasteiger partial charge in [-0.05, 0) is 13.0 Å². The van der Waals surface area contributed by atoms with E-state index >= 15 is 0 Å². The zero-order chi connectivity index (χ0) is 12.2. The largest absolute Gasteiger partial charge is 0.411 e. The Bertz CT molecular complexity index is 398. The molecule has 0 amide bonds. The van der Waals surface area contributed by atoms with E-state index in [0.717, 1.165) is 0 Å². The fourth-order valence-corrected chi connectivity index (χ4v) is 1.18. The molecule has 0 saturated carbocycles. The summed E-state index contributed by atoms with van der Waals surface area (Å²) < 4.78 is 40.9. The highest BCUT2D eigenvalue weighted by Crippen LogP contribution is 2.14. The van der Waals surface area contributed by atoms with Crippen LogP contribution >= 0.6 is 0 Å². The van der Waals surface area contributed by atoms with E-state index in [2.05, 4.69) is 4.74 Å². The zero-order valence-corrected chi connectivity index (χ0v) is 8.75. The number of hydrogen-bond acceptors (Lipinski definition) is 2. The topological polar surface area (TPSA) is 31.2 Å². The van der Waals surface area contributed by atoms with Gasteiger partial charge in [0.2, 0.25) is 0 Å². The van der Waals surface area contributed by atoms with Crippen molar-refractivity contribution < 1.29 is 17.9 Å². The molecule has 0 aliphatic heterocycles. The van der Waals surface area contributed by atoms with Gasteiger partial charge in [0.1, 0.15) is 6.61 Å². The minimum absolute atomic E-state index is 0.122. The number of alkyl halides is 3. The van der Waals surface area contributed by atoms with Crippen molar-refractivity contribution in [3.8, 4) is 0 Å². The molecule has 1 heterocycles. The Balaban J connectivity index is 2.44. The van der Waals surface area contributed by atoms with Crippen LogP contribution in [-0.4, -0.2) is 24.0 Å². The van der Waals surface area contributed by atoms with Crippen molar-refractivity contribution in [3.05, 3.63) is 34.2 Å². The van der Waals surface area contributed by atoms with Gasteiger partial charge in [-0.1, -0.05) is 6.07 Å². The van der Waals surface area contributed by atoms with Crippen LogP contribution in [0.15, 0.2) is 23.1 Å². The fraction of sp³-hybridized carbons (Fsp3) is 0.500. The van der Waals surface area contributed by atoms with Gasteiger partial charge in [0, 0.05) is 18.3 Å². The van der Waals surface area contributed by atoms with Gasteiger partial charge >= 0.3 is 6.18 Å². The van der Waals surface area contributed by atoms with Crippen molar-refractivity contribution in [1.29, 1.82) is 0 Å². The molecule has 0 bridgehead atoms. The Labute approximate surface area is 90.5 Å². The molecule has 1 aromatic rings. The van der Waals surface area contributed by atoms with Crippen molar-refractivity contribution in [2.45, 2.75) is 19.6 Å². The number of hydrogen-bond donors (Lipinski definition) is 0. The van der Waals surface area contributed by atoms with Gasteiger partial charge in [0.25, 0.3) is 5.56 Å². The molecule has 6 heteroatoms. The summed E-state index contributed by atoms with van der Waals surface area (Å²) in [5, 5.41) is 0. The first-order chi connectivity index (χ1) is 7.40. The van der Waals surface area contributed by atoms with Crippen LogP contribution in [0, 0.1) is 6.92 Å². The van der Waals surface area contributed by atoms with E-state index < -0.39 is 12.8 Å². The van der Waals surface area contributed by atoms with Crippen molar-refractivity contribution in [1.82, 2.24) is 4.57 Å². The Kier molecular flexibility index (Phi) is 4.12. The molecule has 16 heavy (non-hydrogen) atoms. The smallest absolute Gasteiger partial charge is 0.370 e. The molecular formula is C10H12F3NO2. The standard InChI is InChI=1S/C10H12F3NO2/c1-8-3-2-4-14(9(8)15)5-6-16-7-10(11,12)13/h2-4H,5-7H2,1H3. The number of halogens is 3. The van der Waals surface area contributed by atoms with Crippen molar-refractivity contribution >= 4 is 0 Å². The number of ether oxygens (including phenoxy) is 1. The maximum atomic E-state index is 11.7. The third kappa shape index (κ3) is 4.06. The van der Waals surface area contributed by atoms with E-state index in [1.807, 2.05) is 0 Å². The third-order valence-corrected chi connectivity index (χ3v) is 1.95. The number of pyridine rings is 1. The second-order valence-electron chi connectivity index (χ2n) is 3.36. The van der Waals surface area contributed by atoms with Crippen LogP contribution in [0.3, 0.4) is 0 Å². The molecule has 0 N–H and O–H groups in total. The maximum Gasteiger partial charge on any atom is 0.411 e. The first-order valence-corrected chi connectivity index (χ1v) is 4.71. The van der Waals surface area contributed by atoms with Crippen LogP contribution in [0.1, 0.15) is 5.56 Å². The predicted octanol–water partition coefficient (Wildman–Crippen LogP) is 1.74. The number of aromatic nitrogens is 1. The van der Waals surface area contributed by atoms with Crippen LogP contribution < -0.4 is 5.56 Å². The second-order valence-corrected chi connectivity index (χ2v) is 3.36. The Hall–Kier alpha value is -1.30. The van der Waals surface area contributed by atoms with E-state index in [0.29, 0.717) is 5.56 Å². The number of nitrogens with zero attached hydrogens (tertiary/aromatic N) is 1. The van der Waals surface area contributed by atoms with Gasteiger partial charge in [-0.3, -0.25) is 4.79 Å². The highest BCUT2D eigenvalue weighted by molar-refractivity contribution is 5.07. The van der Waals surface area contributed by atoms with Gasteiger partial charge in [-0.25, -0.2) is 0 Å². The van der Waals surface area contributed by atoms with Crippen LogP contribution in [0.5, 0.6) is 0 Å². The van der Waals surface area contributed by atoms with E-state index in [-0.39, 0.29) is 18.7 Å². The van der Waals surface area contributed by atoms with Crippen LogP contribution in [0.4, 0.5) is 13.2 Å². The molecule has 0 unspecified atom stereocenters. The average molecular weight is 235 g/mol. The molecular weight excluding hydrogens is 223 g/mol. The first kappa shape index (κ1) is 12.8. The molecule has 0 aliphatic carbocycles. The molecule has 0 aliphatic rings. The van der Waals surface area contributed by atoms with E-state index in [1.165, 1.54) is 10.8 Å². The number of aryl methyl sites for hydroxylation is 1. The van der Waals surface area contributed by atoms with Gasteiger partial charge in [-0.15, -0.1) is 0 Å². The molecule has 1 aromatic heterocycles. The van der Waals surface area contributed by atoms with Gasteiger partial charge in [0.15, 0.2) is 0 Å². The Morgan fingerprint density at radius 3 is 2.75 bits per heavy atom. The highest BCUT2D eigenvalue weighted by Gasteiger charge is 2.27. The summed E-state index contributed by atoms with van der Waals surface area (Å²) in [5.41, 5.74) is 0.344. The Morgan fingerprint density at radius 2 is 2.12 bits per heavy atom. The summed E-state index contributed by atoms with van der Waals surface area (Å²) in [4.78, 5) is 11.4. The zero-order valence-electron chi connectivity index (χ0n) is 8.75. The lowest BCUT2D eigenvalue weighted by molar-refractivity contribution is -0.174. The quantitative estimate of drug-likeness (QED) is 0.744. The highest BCUT2D eigenvalue weighted by atomic mass is 19.4. The van der Waals surface area contributed by atoms with E-state index in [9.17, 15) is 18.0 Å². The van der Waals surface area contributed by atoms with Crippen molar-refractivity contribution in [2.24, 2.45) is 0 Å². The molecule has 0 fully saturated rings. The summed E-state index contributed by atoms with van der Waals surface area (Å²) in [6.45, 7) is 0.350. The normalized spacial score (nSPS) is 11.8. The maximum absolute atomic E-state index is 11.7. The lowest BCUT2D eigenvalue weighted by Gasteiger charge is -2.09. The van der Waals surface area contributed by atoms with Crippen LogP contribution in [0.25, 0.3) is 0 Å². The summed E-state index contributed by atoms with van der Waals surface area (Å²) in [7, 11) is 0. The molecule has 1 rings (SSSR count). The molecule has 0 radical (unpaired) electrons. The van der Waals surface area contributed by atoms with Crippen LogP contribution in [0.2, 0.25) is 0 Å². The van der Waals surface area contributed by atoms with Crippen molar-refractivity contribution in [2.75, 3.05) is 13.2 Å². The SMILES string of the molecule is Cc1cccn(CCOCC(F)(F)F)c1=O. The third-order valence-electron chi connectivity index (χ3n) is 1.95. The predicted molar refractivity (Wildman–Crippen MR) is 52.3 cm³/mol. The summed E-state index contributed by atoms with van der Waals surface area (Å²) in [6, 6.07) is 3.32. The monoisotopic (exact) mass is 235 g/mol. The Morgan fingerprint density at radius 1 is 1.44 bits per heavy atom. The second kappa shape index (κ2) is 5.16. The lowest BCUT2D eigenvalue weighted by atomic mass is 10.3.